The third kappa shape index (κ3) is 3.34. The first-order valence-electron chi connectivity index (χ1n) is 10.4. The van der Waals surface area contributed by atoms with E-state index < -0.39 is 5.97 Å². The summed E-state index contributed by atoms with van der Waals surface area (Å²) in [5, 5.41) is 9.19. The molecule has 7 heteroatoms. The smallest absolute Gasteiger partial charge is 0.335 e. The Morgan fingerprint density at radius 3 is 2.63 bits per heavy atom. The van der Waals surface area contributed by atoms with Crippen molar-refractivity contribution in [2.75, 3.05) is 44.3 Å². The zero-order valence-electron chi connectivity index (χ0n) is 16.7. The molecule has 2 aromatic carbocycles. The third-order valence-electron chi connectivity index (χ3n) is 6.24. The summed E-state index contributed by atoms with van der Waals surface area (Å²) in [6.07, 6.45) is 1.28. The van der Waals surface area contributed by atoms with E-state index in [1.807, 2.05) is 29.2 Å². The normalized spacial score (nSPS) is 19.7. The number of aromatic carboxylic acids is 1. The fraction of sp³-hybridized carbons (Fsp3) is 0.391. The molecule has 2 heterocycles. The van der Waals surface area contributed by atoms with Crippen LogP contribution in [0.1, 0.15) is 33.8 Å². The largest absolute Gasteiger partial charge is 0.486 e. The number of carbonyl (C=O) groups is 2. The minimum atomic E-state index is -0.927. The van der Waals surface area contributed by atoms with Crippen LogP contribution in [0.25, 0.3) is 0 Å². The molecule has 7 nitrogen and oxygen atoms in total. The van der Waals surface area contributed by atoms with Gasteiger partial charge in [-0.2, -0.15) is 0 Å². The Balaban J connectivity index is 1.20. The molecule has 0 radical (unpaired) electrons. The molecule has 0 spiro atoms. The maximum Gasteiger partial charge on any atom is 0.335 e. The minimum Gasteiger partial charge on any atom is -0.486 e. The standard InChI is InChI=1S/C23H24N2O5/c26-21(14-17-12-15-4-5-16(23(27)28)13-18(15)17)25-8-6-24(7-9-25)19-2-1-3-20-22(19)30-11-10-29-20/h1-5,13,17H,6-12,14H2,(H,27,28). The second-order valence-electron chi connectivity index (χ2n) is 7.99. The molecule has 1 saturated heterocycles. The lowest BCUT2D eigenvalue weighted by atomic mass is 9.75. The number of amides is 1. The second-order valence-corrected chi connectivity index (χ2v) is 7.99. The number of piperazine rings is 1. The summed E-state index contributed by atoms with van der Waals surface area (Å²) < 4.78 is 11.5. The molecule has 2 aliphatic heterocycles. The molecule has 0 saturated carbocycles. The van der Waals surface area contributed by atoms with Crippen molar-refractivity contribution in [3.63, 3.8) is 0 Å². The van der Waals surface area contributed by atoms with Gasteiger partial charge in [-0.15, -0.1) is 0 Å². The lowest BCUT2D eigenvalue weighted by Crippen LogP contribution is -2.49. The van der Waals surface area contributed by atoms with Crippen molar-refractivity contribution in [2.45, 2.75) is 18.8 Å². The molecule has 156 valence electrons. The molecule has 5 rings (SSSR count). The lowest BCUT2D eigenvalue weighted by molar-refractivity contribution is -0.132. The average molecular weight is 408 g/mol. The second kappa shape index (κ2) is 7.55. The molecule has 1 fully saturated rings. The van der Waals surface area contributed by atoms with Gasteiger partial charge in [-0.3, -0.25) is 4.79 Å². The van der Waals surface area contributed by atoms with Crippen LogP contribution < -0.4 is 14.4 Å². The Morgan fingerprint density at radius 1 is 1.03 bits per heavy atom. The fourth-order valence-corrected chi connectivity index (χ4v) is 4.56. The monoisotopic (exact) mass is 408 g/mol. The SMILES string of the molecule is O=C(O)c1ccc2c(c1)C(CC(=O)N1CCN(c3cccc4c3OCCO4)CC1)C2. The predicted molar refractivity (Wildman–Crippen MR) is 111 cm³/mol. The van der Waals surface area contributed by atoms with Gasteiger partial charge in [-0.1, -0.05) is 12.1 Å². The van der Waals surface area contributed by atoms with Crippen LogP contribution in [0.4, 0.5) is 5.69 Å². The van der Waals surface area contributed by atoms with Gasteiger partial charge in [-0.05, 0) is 47.7 Å². The van der Waals surface area contributed by atoms with E-state index in [4.69, 9.17) is 9.47 Å². The first-order chi connectivity index (χ1) is 14.6. The summed E-state index contributed by atoms with van der Waals surface area (Å²) in [5.41, 5.74) is 3.47. The first kappa shape index (κ1) is 18.8. The van der Waals surface area contributed by atoms with E-state index in [-0.39, 0.29) is 17.4 Å². The Hall–Kier alpha value is -3.22. The van der Waals surface area contributed by atoms with E-state index in [0.717, 1.165) is 47.8 Å². The number of nitrogens with zero attached hydrogens (tertiary/aromatic N) is 2. The van der Waals surface area contributed by atoms with E-state index in [9.17, 15) is 14.7 Å². The van der Waals surface area contributed by atoms with Gasteiger partial charge < -0.3 is 24.4 Å². The van der Waals surface area contributed by atoms with Gasteiger partial charge in [0.1, 0.15) is 13.2 Å². The predicted octanol–water partition coefficient (Wildman–Crippen LogP) is 2.53. The van der Waals surface area contributed by atoms with Gasteiger partial charge in [0.2, 0.25) is 5.91 Å². The number of benzene rings is 2. The molecule has 1 atom stereocenters. The highest BCUT2D eigenvalue weighted by molar-refractivity contribution is 5.88. The Labute approximate surface area is 174 Å². The van der Waals surface area contributed by atoms with Gasteiger partial charge in [0, 0.05) is 32.6 Å². The zero-order chi connectivity index (χ0) is 20.7. The molecular formula is C23H24N2O5. The number of carboxylic acid groups (broad SMARTS) is 1. The highest BCUT2D eigenvalue weighted by Gasteiger charge is 2.32. The van der Waals surface area contributed by atoms with Crippen LogP contribution in [0.5, 0.6) is 11.5 Å². The summed E-state index contributed by atoms with van der Waals surface area (Å²) >= 11 is 0. The van der Waals surface area contributed by atoms with Gasteiger partial charge in [0.05, 0.1) is 11.3 Å². The highest BCUT2D eigenvalue weighted by Crippen LogP contribution is 2.40. The van der Waals surface area contributed by atoms with Crippen LogP contribution in [0.15, 0.2) is 36.4 Å². The van der Waals surface area contributed by atoms with Crippen LogP contribution >= 0.6 is 0 Å². The van der Waals surface area contributed by atoms with Crippen molar-refractivity contribution in [1.29, 1.82) is 0 Å². The van der Waals surface area contributed by atoms with E-state index in [1.165, 1.54) is 0 Å². The molecule has 30 heavy (non-hydrogen) atoms. The van der Waals surface area contributed by atoms with E-state index in [2.05, 4.69) is 4.90 Å². The van der Waals surface area contributed by atoms with E-state index in [1.54, 1.807) is 12.1 Å². The molecule has 0 aromatic heterocycles. The molecular weight excluding hydrogens is 384 g/mol. The van der Waals surface area contributed by atoms with Crippen molar-refractivity contribution < 1.29 is 24.2 Å². The number of para-hydroxylation sites is 1. The van der Waals surface area contributed by atoms with Crippen molar-refractivity contribution in [1.82, 2.24) is 4.90 Å². The first-order valence-corrected chi connectivity index (χ1v) is 10.4. The van der Waals surface area contributed by atoms with E-state index >= 15 is 0 Å². The Morgan fingerprint density at radius 2 is 1.83 bits per heavy atom. The fourth-order valence-electron chi connectivity index (χ4n) is 4.56. The van der Waals surface area contributed by atoms with Crippen molar-refractivity contribution in [3.8, 4) is 11.5 Å². The summed E-state index contributed by atoms with van der Waals surface area (Å²) in [5.74, 6) is 0.908. The van der Waals surface area contributed by atoms with E-state index in [0.29, 0.717) is 32.7 Å². The molecule has 1 aliphatic carbocycles. The molecule has 1 amide bonds. The number of carbonyl (C=O) groups excluding carboxylic acids is 1. The van der Waals surface area contributed by atoms with Crippen molar-refractivity contribution in [2.24, 2.45) is 0 Å². The van der Waals surface area contributed by atoms with Gasteiger partial charge in [0.25, 0.3) is 0 Å². The molecule has 1 unspecified atom stereocenters. The number of hydrogen-bond donors (Lipinski definition) is 1. The molecule has 3 aliphatic rings. The Bertz CT molecular complexity index is 997. The van der Waals surface area contributed by atoms with Crippen LogP contribution in [-0.2, 0) is 11.2 Å². The zero-order valence-corrected chi connectivity index (χ0v) is 16.7. The number of fused-ring (bicyclic) bond motifs is 2. The quantitative estimate of drug-likeness (QED) is 0.838. The van der Waals surface area contributed by atoms with Gasteiger partial charge in [-0.25, -0.2) is 4.79 Å². The van der Waals surface area contributed by atoms with Gasteiger partial charge >= 0.3 is 5.97 Å². The molecule has 0 bridgehead atoms. The highest BCUT2D eigenvalue weighted by atomic mass is 16.6. The van der Waals surface area contributed by atoms with Crippen LogP contribution in [-0.4, -0.2) is 61.3 Å². The number of ether oxygens (including phenoxy) is 2. The summed E-state index contributed by atoms with van der Waals surface area (Å²) in [6, 6.07) is 11.2. The summed E-state index contributed by atoms with van der Waals surface area (Å²) in [7, 11) is 0. The third-order valence-corrected chi connectivity index (χ3v) is 6.24. The van der Waals surface area contributed by atoms with Crippen LogP contribution in [0.2, 0.25) is 0 Å². The number of anilines is 1. The lowest BCUT2D eigenvalue weighted by Gasteiger charge is -2.38. The molecule has 2 aromatic rings. The number of hydrogen-bond acceptors (Lipinski definition) is 5. The summed E-state index contributed by atoms with van der Waals surface area (Å²) in [4.78, 5) is 28.2. The maximum absolute atomic E-state index is 12.9. The van der Waals surface area contributed by atoms with Crippen molar-refractivity contribution >= 4 is 17.6 Å². The number of carboxylic acids is 1. The Kier molecular flexibility index (Phi) is 4.73. The topological polar surface area (TPSA) is 79.3 Å². The maximum atomic E-state index is 12.9. The van der Waals surface area contributed by atoms with Crippen LogP contribution in [0.3, 0.4) is 0 Å². The van der Waals surface area contributed by atoms with Crippen molar-refractivity contribution in [3.05, 3.63) is 53.1 Å². The number of rotatable bonds is 4. The van der Waals surface area contributed by atoms with Gasteiger partial charge in [0.15, 0.2) is 11.5 Å². The van der Waals surface area contributed by atoms with Crippen LogP contribution in [0, 0.1) is 0 Å². The average Bonchev–Trinajstić information content (AvgIpc) is 2.77. The minimum absolute atomic E-state index is 0.122. The molecule has 1 N–H and O–H groups in total. The summed E-state index contributed by atoms with van der Waals surface area (Å²) in [6.45, 7) is 3.94.